The molecule has 106 valence electrons. The van der Waals surface area contributed by atoms with Crippen molar-refractivity contribution < 1.29 is 14.3 Å². The number of nitriles is 1. The summed E-state index contributed by atoms with van der Waals surface area (Å²) in [6, 6.07) is 9.80. The molecule has 1 aromatic carbocycles. The molecule has 0 atom stereocenters. The standard InChI is InChI=1S/C15H11ClN2O3/c1-2-20-15(19)10-3-5-12(6-4-10)21-14-13(16)11(9-17)7-8-18-14/h3-8H,2H2,1H3. The first-order valence-corrected chi connectivity index (χ1v) is 6.53. The van der Waals surface area contributed by atoms with Crippen molar-refractivity contribution in [2.24, 2.45) is 0 Å². The van der Waals surface area contributed by atoms with E-state index in [-0.39, 0.29) is 16.5 Å². The zero-order chi connectivity index (χ0) is 15.2. The maximum absolute atomic E-state index is 11.5. The summed E-state index contributed by atoms with van der Waals surface area (Å²) in [6.07, 6.45) is 1.44. The Bertz CT molecular complexity index is 693. The molecule has 0 aliphatic rings. The second-order valence-corrected chi connectivity index (χ2v) is 4.31. The average Bonchev–Trinajstić information content (AvgIpc) is 2.50. The van der Waals surface area contributed by atoms with Gasteiger partial charge in [0.05, 0.1) is 17.7 Å². The number of ether oxygens (including phenoxy) is 2. The van der Waals surface area contributed by atoms with Gasteiger partial charge in [0.25, 0.3) is 0 Å². The molecule has 5 nitrogen and oxygen atoms in total. The van der Waals surface area contributed by atoms with Crippen LogP contribution in [0.4, 0.5) is 0 Å². The summed E-state index contributed by atoms with van der Waals surface area (Å²) >= 11 is 6.00. The number of aromatic nitrogens is 1. The second-order valence-electron chi connectivity index (χ2n) is 3.94. The van der Waals surface area contributed by atoms with Crippen LogP contribution in [0.1, 0.15) is 22.8 Å². The molecular weight excluding hydrogens is 292 g/mol. The first-order valence-electron chi connectivity index (χ1n) is 6.15. The van der Waals surface area contributed by atoms with Gasteiger partial charge in [0.2, 0.25) is 5.88 Å². The third-order valence-electron chi connectivity index (χ3n) is 2.56. The van der Waals surface area contributed by atoms with Crippen molar-refractivity contribution in [2.45, 2.75) is 6.92 Å². The molecule has 0 fully saturated rings. The zero-order valence-electron chi connectivity index (χ0n) is 11.2. The van der Waals surface area contributed by atoms with E-state index >= 15 is 0 Å². The molecule has 0 N–H and O–H groups in total. The summed E-state index contributed by atoms with van der Waals surface area (Å²) in [7, 11) is 0. The molecule has 1 heterocycles. The highest BCUT2D eigenvalue weighted by molar-refractivity contribution is 6.33. The number of nitrogens with zero attached hydrogens (tertiary/aromatic N) is 2. The van der Waals surface area contributed by atoms with Crippen LogP contribution in [0.15, 0.2) is 36.5 Å². The number of benzene rings is 1. The van der Waals surface area contributed by atoms with Gasteiger partial charge in [0.1, 0.15) is 16.8 Å². The lowest BCUT2D eigenvalue weighted by Crippen LogP contribution is -2.04. The first-order chi connectivity index (χ1) is 10.2. The summed E-state index contributed by atoms with van der Waals surface area (Å²) < 4.78 is 10.4. The Morgan fingerprint density at radius 2 is 2.05 bits per heavy atom. The molecule has 0 bridgehead atoms. The molecule has 1 aromatic heterocycles. The maximum atomic E-state index is 11.5. The van der Waals surface area contributed by atoms with Crippen LogP contribution in [-0.4, -0.2) is 17.6 Å². The number of carbonyl (C=O) groups is 1. The van der Waals surface area contributed by atoms with Crippen molar-refractivity contribution in [1.29, 1.82) is 5.26 Å². The molecule has 2 rings (SSSR count). The van der Waals surface area contributed by atoms with Crippen molar-refractivity contribution in [1.82, 2.24) is 4.98 Å². The van der Waals surface area contributed by atoms with Crippen molar-refractivity contribution in [3.8, 4) is 17.7 Å². The summed E-state index contributed by atoms with van der Waals surface area (Å²) in [6.45, 7) is 2.06. The number of halogens is 1. The predicted octanol–water partition coefficient (Wildman–Crippen LogP) is 3.58. The highest BCUT2D eigenvalue weighted by Crippen LogP contribution is 2.29. The summed E-state index contributed by atoms with van der Waals surface area (Å²) in [5, 5.41) is 9.04. The smallest absolute Gasteiger partial charge is 0.338 e. The van der Waals surface area contributed by atoms with E-state index in [1.807, 2.05) is 6.07 Å². The van der Waals surface area contributed by atoms with Gasteiger partial charge in [-0.3, -0.25) is 0 Å². The van der Waals surface area contributed by atoms with Crippen LogP contribution < -0.4 is 4.74 Å². The minimum atomic E-state index is -0.397. The fourth-order valence-electron chi connectivity index (χ4n) is 1.57. The third-order valence-corrected chi connectivity index (χ3v) is 2.92. The van der Waals surface area contributed by atoms with Gasteiger partial charge in [-0.1, -0.05) is 11.6 Å². The number of pyridine rings is 1. The summed E-state index contributed by atoms with van der Waals surface area (Å²) in [5.41, 5.74) is 0.707. The van der Waals surface area contributed by atoms with Crippen LogP contribution >= 0.6 is 11.6 Å². The Morgan fingerprint density at radius 3 is 2.67 bits per heavy atom. The van der Waals surface area contributed by atoms with E-state index in [9.17, 15) is 4.79 Å². The fraction of sp³-hybridized carbons (Fsp3) is 0.133. The highest BCUT2D eigenvalue weighted by atomic mass is 35.5. The average molecular weight is 303 g/mol. The number of hydrogen-bond acceptors (Lipinski definition) is 5. The molecular formula is C15H11ClN2O3. The molecule has 0 radical (unpaired) electrons. The number of hydrogen-bond donors (Lipinski definition) is 0. The van der Waals surface area contributed by atoms with E-state index in [4.69, 9.17) is 26.3 Å². The fourth-order valence-corrected chi connectivity index (χ4v) is 1.76. The van der Waals surface area contributed by atoms with Gasteiger partial charge < -0.3 is 9.47 Å². The van der Waals surface area contributed by atoms with Crippen LogP contribution in [0.25, 0.3) is 0 Å². The largest absolute Gasteiger partial charge is 0.462 e. The normalized spacial score (nSPS) is 9.76. The molecule has 2 aromatic rings. The van der Waals surface area contributed by atoms with Crippen molar-refractivity contribution >= 4 is 17.6 Å². The minimum absolute atomic E-state index is 0.139. The van der Waals surface area contributed by atoms with Crippen molar-refractivity contribution in [2.75, 3.05) is 6.61 Å². The Hall–Kier alpha value is -2.58. The lowest BCUT2D eigenvalue weighted by atomic mass is 10.2. The van der Waals surface area contributed by atoms with E-state index in [0.29, 0.717) is 17.9 Å². The van der Waals surface area contributed by atoms with Crippen LogP contribution in [0.5, 0.6) is 11.6 Å². The number of esters is 1. The molecule has 0 amide bonds. The minimum Gasteiger partial charge on any atom is -0.462 e. The van der Waals surface area contributed by atoms with Gasteiger partial charge in [0, 0.05) is 6.20 Å². The van der Waals surface area contributed by atoms with Crippen molar-refractivity contribution in [3.05, 3.63) is 52.7 Å². The number of carbonyl (C=O) groups excluding carboxylic acids is 1. The lowest BCUT2D eigenvalue weighted by molar-refractivity contribution is 0.0526. The Morgan fingerprint density at radius 1 is 1.33 bits per heavy atom. The quantitative estimate of drug-likeness (QED) is 0.807. The van der Waals surface area contributed by atoms with Crippen LogP contribution in [-0.2, 0) is 4.74 Å². The predicted molar refractivity (Wildman–Crippen MR) is 76.4 cm³/mol. The molecule has 0 saturated carbocycles. The van der Waals surface area contributed by atoms with Gasteiger partial charge in [-0.25, -0.2) is 9.78 Å². The van der Waals surface area contributed by atoms with Crippen molar-refractivity contribution in [3.63, 3.8) is 0 Å². The topological polar surface area (TPSA) is 72.2 Å². The van der Waals surface area contributed by atoms with E-state index in [2.05, 4.69) is 4.98 Å². The van der Waals surface area contributed by atoms with E-state index in [1.54, 1.807) is 31.2 Å². The monoisotopic (exact) mass is 302 g/mol. The Balaban J connectivity index is 2.18. The van der Waals surface area contributed by atoms with Crippen LogP contribution in [0.2, 0.25) is 5.02 Å². The van der Waals surface area contributed by atoms with E-state index in [1.165, 1.54) is 12.3 Å². The lowest BCUT2D eigenvalue weighted by Gasteiger charge is -2.07. The molecule has 21 heavy (non-hydrogen) atoms. The third kappa shape index (κ3) is 3.50. The summed E-state index contributed by atoms with van der Waals surface area (Å²) in [4.78, 5) is 15.5. The molecule has 6 heteroatoms. The van der Waals surface area contributed by atoms with E-state index < -0.39 is 5.97 Å². The van der Waals surface area contributed by atoms with Gasteiger partial charge in [-0.15, -0.1) is 0 Å². The van der Waals surface area contributed by atoms with E-state index in [0.717, 1.165) is 0 Å². The van der Waals surface area contributed by atoms with Gasteiger partial charge in [-0.05, 0) is 37.3 Å². The Kier molecular flexibility index (Phi) is 4.75. The summed E-state index contributed by atoms with van der Waals surface area (Å²) in [5.74, 6) is 0.193. The molecule has 0 spiro atoms. The maximum Gasteiger partial charge on any atom is 0.338 e. The molecule has 0 saturated heterocycles. The van der Waals surface area contributed by atoms with Crippen LogP contribution in [0.3, 0.4) is 0 Å². The zero-order valence-corrected chi connectivity index (χ0v) is 11.9. The highest BCUT2D eigenvalue weighted by Gasteiger charge is 2.10. The van der Waals surface area contributed by atoms with Gasteiger partial charge in [-0.2, -0.15) is 5.26 Å². The second kappa shape index (κ2) is 6.73. The first kappa shape index (κ1) is 14.8. The molecule has 0 aliphatic carbocycles. The van der Waals surface area contributed by atoms with Gasteiger partial charge in [0.15, 0.2) is 0 Å². The molecule has 0 aliphatic heterocycles. The SMILES string of the molecule is CCOC(=O)c1ccc(Oc2nccc(C#N)c2Cl)cc1. The van der Waals surface area contributed by atoms with Gasteiger partial charge >= 0.3 is 5.97 Å². The van der Waals surface area contributed by atoms with Crippen LogP contribution in [0, 0.1) is 11.3 Å². The number of rotatable bonds is 4. The molecule has 0 unspecified atom stereocenters. The Labute approximate surface area is 126 Å².